The molecule has 2 rings (SSSR count). The number of carboxylic acids is 1. The predicted molar refractivity (Wildman–Crippen MR) is 65.8 cm³/mol. The lowest BCUT2D eigenvalue weighted by atomic mass is 10.3. The molecule has 0 atom stereocenters. The molecular weight excluding hydrogens is 234 g/mol. The van der Waals surface area contributed by atoms with Gasteiger partial charge in [-0.25, -0.2) is 9.78 Å². The number of rotatable bonds is 7. The van der Waals surface area contributed by atoms with Crippen molar-refractivity contribution >= 4 is 11.9 Å². The van der Waals surface area contributed by atoms with Gasteiger partial charge in [-0.1, -0.05) is 6.92 Å². The van der Waals surface area contributed by atoms with Crippen molar-refractivity contribution in [3.8, 4) is 5.88 Å². The monoisotopic (exact) mass is 251 g/mol. The summed E-state index contributed by atoms with van der Waals surface area (Å²) in [6, 6.07) is 1.67. The van der Waals surface area contributed by atoms with Crippen LogP contribution in [0.2, 0.25) is 0 Å². The summed E-state index contributed by atoms with van der Waals surface area (Å²) >= 11 is 0. The number of aromatic nitrogens is 2. The molecule has 2 N–H and O–H groups in total. The van der Waals surface area contributed by atoms with E-state index in [9.17, 15) is 4.79 Å². The molecule has 98 valence electrons. The Hall–Kier alpha value is -1.85. The molecule has 0 saturated heterocycles. The van der Waals surface area contributed by atoms with E-state index in [0.29, 0.717) is 11.8 Å². The molecule has 1 aliphatic rings. The average molecular weight is 251 g/mol. The van der Waals surface area contributed by atoms with Crippen LogP contribution in [-0.2, 0) is 11.2 Å². The molecule has 1 saturated carbocycles. The number of carboxylic acid groups (broad SMARTS) is 1. The van der Waals surface area contributed by atoms with Crippen LogP contribution in [0.5, 0.6) is 5.88 Å². The van der Waals surface area contributed by atoms with Crippen LogP contribution in [0, 0.1) is 5.92 Å². The van der Waals surface area contributed by atoms with E-state index in [-0.39, 0.29) is 6.61 Å². The summed E-state index contributed by atoms with van der Waals surface area (Å²) in [7, 11) is 0. The Labute approximate surface area is 105 Å². The highest BCUT2D eigenvalue weighted by Crippen LogP contribution is 2.28. The summed E-state index contributed by atoms with van der Waals surface area (Å²) in [6.45, 7) is 2.46. The van der Waals surface area contributed by atoms with Crippen molar-refractivity contribution in [2.24, 2.45) is 5.92 Å². The molecule has 1 heterocycles. The van der Waals surface area contributed by atoms with Gasteiger partial charge < -0.3 is 15.2 Å². The van der Waals surface area contributed by atoms with Gasteiger partial charge in [-0.3, -0.25) is 0 Å². The third-order valence-electron chi connectivity index (χ3n) is 2.71. The number of hydrogen-bond donors (Lipinski definition) is 2. The Bertz CT molecular complexity index is 433. The van der Waals surface area contributed by atoms with Gasteiger partial charge in [-0.2, -0.15) is 4.98 Å². The van der Waals surface area contributed by atoms with E-state index in [1.807, 2.05) is 6.92 Å². The molecule has 0 unspecified atom stereocenters. The van der Waals surface area contributed by atoms with Gasteiger partial charge in [-0.05, 0) is 25.2 Å². The van der Waals surface area contributed by atoms with Crippen LogP contribution >= 0.6 is 0 Å². The number of hydrogen-bond acceptors (Lipinski definition) is 5. The molecule has 1 aromatic rings. The van der Waals surface area contributed by atoms with Gasteiger partial charge in [0.1, 0.15) is 0 Å². The van der Waals surface area contributed by atoms with Crippen LogP contribution in [-0.4, -0.2) is 34.2 Å². The highest BCUT2D eigenvalue weighted by molar-refractivity contribution is 5.68. The zero-order valence-corrected chi connectivity index (χ0v) is 10.3. The Kier molecular flexibility index (Phi) is 3.96. The molecular formula is C12H17N3O3. The Balaban J connectivity index is 2.02. The van der Waals surface area contributed by atoms with Gasteiger partial charge in [0.25, 0.3) is 0 Å². The zero-order chi connectivity index (χ0) is 13.0. The van der Waals surface area contributed by atoms with Gasteiger partial charge in [0.15, 0.2) is 6.61 Å². The Morgan fingerprint density at radius 1 is 1.56 bits per heavy atom. The van der Waals surface area contributed by atoms with Gasteiger partial charge in [0.2, 0.25) is 11.8 Å². The molecule has 0 amide bonds. The maximum absolute atomic E-state index is 10.5. The molecule has 0 aliphatic heterocycles. The highest BCUT2D eigenvalue weighted by Gasteiger charge is 2.21. The van der Waals surface area contributed by atoms with Gasteiger partial charge in [0, 0.05) is 18.3 Å². The van der Waals surface area contributed by atoms with E-state index in [0.717, 1.165) is 24.6 Å². The lowest BCUT2D eigenvalue weighted by Gasteiger charge is -2.08. The van der Waals surface area contributed by atoms with Crippen molar-refractivity contribution in [1.82, 2.24) is 9.97 Å². The Morgan fingerprint density at radius 3 is 2.94 bits per heavy atom. The molecule has 1 aromatic heterocycles. The van der Waals surface area contributed by atoms with Crippen molar-refractivity contribution in [2.45, 2.75) is 26.2 Å². The third-order valence-corrected chi connectivity index (χ3v) is 2.71. The first-order valence-corrected chi connectivity index (χ1v) is 6.13. The molecule has 18 heavy (non-hydrogen) atoms. The van der Waals surface area contributed by atoms with E-state index in [2.05, 4.69) is 15.3 Å². The number of aryl methyl sites for hydroxylation is 1. The van der Waals surface area contributed by atoms with Crippen LogP contribution in [0.25, 0.3) is 0 Å². The van der Waals surface area contributed by atoms with Crippen molar-refractivity contribution in [1.29, 1.82) is 0 Å². The van der Waals surface area contributed by atoms with Crippen molar-refractivity contribution < 1.29 is 14.6 Å². The molecule has 6 nitrogen and oxygen atoms in total. The normalized spacial score (nSPS) is 14.3. The van der Waals surface area contributed by atoms with Gasteiger partial charge in [0.05, 0.1) is 0 Å². The minimum atomic E-state index is -1.01. The van der Waals surface area contributed by atoms with Crippen LogP contribution in [0.1, 0.15) is 25.5 Å². The van der Waals surface area contributed by atoms with E-state index < -0.39 is 5.97 Å². The van der Waals surface area contributed by atoms with Crippen molar-refractivity contribution in [2.75, 3.05) is 18.5 Å². The van der Waals surface area contributed by atoms with Crippen molar-refractivity contribution in [3.05, 3.63) is 11.8 Å². The van der Waals surface area contributed by atoms with Crippen LogP contribution in [0.3, 0.4) is 0 Å². The van der Waals surface area contributed by atoms with Crippen LogP contribution in [0.15, 0.2) is 6.07 Å². The standard InChI is InChI=1S/C12H17N3O3/c1-2-9-5-10(18-7-11(16)17)15-12(14-9)13-6-8-3-4-8/h5,8H,2-4,6-7H2,1H3,(H,16,17)(H,13,14,15). The topological polar surface area (TPSA) is 84.3 Å². The SMILES string of the molecule is CCc1cc(OCC(=O)O)nc(NCC2CC2)n1. The number of aliphatic carboxylic acids is 1. The van der Waals surface area contributed by atoms with Gasteiger partial charge in [-0.15, -0.1) is 0 Å². The molecule has 1 aliphatic carbocycles. The van der Waals surface area contributed by atoms with Gasteiger partial charge >= 0.3 is 5.97 Å². The van der Waals surface area contributed by atoms with E-state index in [1.54, 1.807) is 6.07 Å². The molecule has 0 spiro atoms. The fraction of sp³-hybridized carbons (Fsp3) is 0.583. The molecule has 0 bridgehead atoms. The Morgan fingerprint density at radius 2 is 2.33 bits per heavy atom. The largest absolute Gasteiger partial charge is 0.479 e. The van der Waals surface area contributed by atoms with E-state index >= 15 is 0 Å². The molecule has 0 radical (unpaired) electrons. The first-order chi connectivity index (χ1) is 8.67. The van der Waals surface area contributed by atoms with E-state index in [4.69, 9.17) is 9.84 Å². The van der Waals surface area contributed by atoms with Crippen LogP contribution in [0.4, 0.5) is 5.95 Å². The summed E-state index contributed by atoms with van der Waals surface area (Å²) < 4.78 is 5.08. The number of ether oxygens (including phenoxy) is 1. The second kappa shape index (κ2) is 5.66. The second-order valence-corrected chi connectivity index (χ2v) is 4.38. The maximum atomic E-state index is 10.5. The summed E-state index contributed by atoms with van der Waals surface area (Å²) in [5, 5.41) is 11.7. The summed E-state index contributed by atoms with van der Waals surface area (Å²) in [6.07, 6.45) is 3.26. The number of anilines is 1. The smallest absolute Gasteiger partial charge is 0.341 e. The van der Waals surface area contributed by atoms with Crippen LogP contribution < -0.4 is 10.1 Å². The predicted octanol–water partition coefficient (Wildman–Crippen LogP) is 1.32. The minimum absolute atomic E-state index is 0.308. The number of nitrogens with one attached hydrogen (secondary N) is 1. The van der Waals surface area contributed by atoms with Crippen molar-refractivity contribution in [3.63, 3.8) is 0 Å². The fourth-order valence-corrected chi connectivity index (χ4v) is 1.50. The maximum Gasteiger partial charge on any atom is 0.341 e. The number of carbonyl (C=O) groups is 1. The number of nitrogens with zero attached hydrogens (tertiary/aromatic N) is 2. The van der Waals surface area contributed by atoms with E-state index in [1.165, 1.54) is 12.8 Å². The lowest BCUT2D eigenvalue weighted by molar-refractivity contribution is -0.139. The second-order valence-electron chi connectivity index (χ2n) is 4.38. The summed E-state index contributed by atoms with van der Waals surface area (Å²) in [5.41, 5.74) is 0.837. The zero-order valence-electron chi connectivity index (χ0n) is 10.3. The summed E-state index contributed by atoms with van der Waals surface area (Å²) in [5.74, 6) is 0.533. The quantitative estimate of drug-likeness (QED) is 0.760. The minimum Gasteiger partial charge on any atom is -0.479 e. The highest BCUT2D eigenvalue weighted by atomic mass is 16.5. The third kappa shape index (κ3) is 3.87. The first kappa shape index (κ1) is 12.6. The average Bonchev–Trinajstić information content (AvgIpc) is 3.17. The lowest BCUT2D eigenvalue weighted by Crippen LogP contribution is -2.13. The molecule has 1 fully saturated rings. The molecule has 0 aromatic carbocycles. The summed E-state index contributed by atoms with van der Waals surface area (Å²) in [4.78, 5) is 18.9. The molecule has 6 heteroatoms. The fourth-order valence-electron chi connectivity index (χ4n) is 1.50. The first-order valence-electron chi connectivity index (χ1n) is 6.13.